The minimum atomic E-state index is -0.202. The van der Waals surface area contributed by atoms with Gasteiger partial charge in [0, 0.05) is 28.2 Å². The molecular formula is C31H30N4O2. The molecule has 0 aliphatic carbocycles. The van der Waals surface area contributed by atoms with Crippen molar-refractivity contribution in [1.82, 2.24) is 14.2 Å². The van der Waals surface area contributed by atoms with Crippen LogP contribution in [0.25, 0.3) is 28.0 Å². The second-order valence-corrected chi connectivity index (χ2v) is 9.17. The molecule has 0 amide bonds. The number of aryl methyl sites for hydroxylation is 1. The molecule has 0 aliphatic heterocycles. The largest absolute Gasteiger partial charge is 0.491 e. The molecule has 3 aromatic carbocycles. The Morgan fingerprint density at radius 2 is 1.68 bits per heavy atom. The van der Waals surface area contributed by atoms with Crippen LogP contribution in [0.15, 0.2) is 94.8 Å². The van der Waals surface area contributed by atoms with Crippen molar-refractivity contribution in [3.05, 3.63) is 112 Å². The highest BCUT2D eigenvalue weighted by Crippen LogP contribution is 2.23. The molecule has 186 valence electrons. The average molecular weight is 491 g/mol. The molecule has 1 atom stereocenters. The predicted molar refractivity (Wildman–Crippen MR) is 150 cm³/mol. The van der Waals surface area contributed by atoms with Crippen LogP contribution in [-0.2, 0) is 0 Å². The second kappa shape index (κ2) is 10.3. The van der Waals surface area contributed by atoms with Crippen molar-refractivity contribution in [3.63, 3.8) is 0 Å². The minimum Gasteiger partial charge on any atom is -0.491 e. The molecule has 0 radical (unpaired) electrons. The van der Waals surface area contributed by atoms with E-state index in [-0.39, 0.29) is 11.7 Å². The fourth-order valence-corrected chi connectivity index (χ4v) is 4.43. The molecule has 6 nitrogen and oxygen atoms in total. The maximum atomic E-state index is 13.4. The van der Waals surface area contributed by atoms with Crippen LogP contribution >= 0.6 is 0 Å². The van der Waals surface area contributed by atoms with Crippen molar-refractivity contribution in [2.24, 2.45) is 5.10 Å². The van der Waals surface area contributed by atoms with Gasteiger partial charge >= 0.3 is 0 Å². The Hall–Kier alpha value is -4.45. The first-order chi connectivity index (χ1) is 18.0. The highest BCUT2D eigenvalue weighted by atomic mass is 16.5. The van der Waals surface area contributed by atoms with Crippen molar-refractivity contribution in [1.29, 1.82) is 0 Å². The number of hydrogen-bond acceptors (Lipinski definition) is 4. The smallest absolute Gasteiger partial charge is 0.282 e. The van der Waals surface area contributed by atoms with Crippen LogP contribution in [0, 0.1) is 13.8 Å². The van der Waals surface area contributed by atoms with Gasteiger partial charge in [-0.15, -0.1) is 0 Å². The van der Waals surface area contributed by atoms with Crippen LogP contribution in [-0.4, -0.2) is 26.5 Å². The second-order valence-electron chi connectivity index (χ2n) is 9.17. The third kappa shape index (κ3) is 4.83. The van der Waals surface area contributed by atoms with Crippen LogP contribution in [0.1, 0.15) is 37.2 Å². The van der Waals surface area contributed by atoms with E-state index in [1.165, 1.54) is 4.68 Å². The SMILES string of the molecule is CC[C@H](C)Oc1ccc(-n2c(C)cc(C=Nn3c(-c4ccccc4)nc4ccccc4c3=O)c2C)cc1. The van der Waals surface area contributed by atoms with Gasteiger partial charge < -0.3 is 9.30 Å². The third-order valence-electron chi connectivity index (χ3n) is 6.58. The van der Waals surface area contributed by atoms with Gasteiger partial charge in [0.05, 0.1) is 23.2 Å². The number of aromatic nitrogens is 3. The van der Waals surface area contributed by atoms with Gasteiger partial charge in [-0.2, -0.15) is 9.78 Å². The summed E-state index contributed by atoms with van der Waals surface area (Å²) in [5, 5.41) is 5.18. The highest BCUT2D eigenvalue weighted by molar-refractivity contribution is 5.83. The molecule has 2 heterocycles. The van der Waals surface area contributed by atoms with Gasteiger partial charge in [0.25, 0.3) is 5.56 Å². The number of nitrogens with zero attached hydrogens (tertiary/aromatic N) is 4. The number of ether oxygens (including phenoxy) is 1. The maximum absolute atomic E-state index is 13.4. The molecule has 5 aromatic rings. The topological polar surface area (TPSA) is 61.4 Å². The monoisotopic (exact) mass is 490 g/mol. The van der Waals surface area contributed by atoms with Crippen molar-refractivity contribution < 1.29 is 4.74 Å². The van der Waals surface area contributed by atoms with Gasteiger partial charge in [-0.3, -0.25) is 4.79 Å². The van der Waals surface area contributed by atoms with Gasteiger partial charge in [0.1, 0.15) is 5.75 Å². The summed E-state index contributed by atoms with van der Waals surface area (Å²) in [6.45, 7) is 8.30. The average Bonchev–Trinajstić information content (AvgIpc) is 3.21. The molecule has 0 saturated heterocycles. The fourth-order valence-electron chi connectivity index (χ4n) is 4.43. The van der Waals surface area contributed by atoms with E-state index in [0.29, 0.717) is 16.7 Å². The maximum Gasteiger partial charge on any atom is 0.282 e. The number of para-hydroxylation sites is 1. The fraction of sp³-hybridized carbons (Fsp3) is 0.194. The Labute approximate surface area is 216 Å². The third-order valence-corrected chi connectivity index (χ3v) is 6.58. The standard InChI is InChI=1S/C31H30N4O2/c1-5-22(3)37-27-17-15-26(16-18-27)34-21(2)19-25(23(34)4)20-32-35-30(24-11-7-6-8-12-24)33-29-14-10-9-13-28(29)31(35)36/h6-20,22H,5H2,1-4H3/t22-/m0/s1. The summed E-state index contributed by atoms with van der Waals surface area (Å²) in [6.07, 6.45) is 2.88. The minimum absolute atomic E-state index is 0.178. The molecule has 2 aromatic heterocycles. The Kier molecular flexibility index (Phi) is 6.73. The molecule has 0 bridgehead atoms. The van der Waals surface area contributed by atoms with Crippen LogP contribution in [0.3, 0.4) is 0 Å². The van der Waals surface area contributed by atoms with E-state index in [4.69, 9.17) is 9.72 Å². The van der Waals surface area contributed by atoms with E-state index in [9.17, 15) is 4.79 Å². The molecule has 5 rings (SSSR count). The predicted octanol–water partition coefficient (Wildman–Crippen LogP) is 6.53. The van der Waals surface area contributed by atoms with Gasteiger partial charge in [0.15, 0.2) is 5.82 Å². The van der Waals surface area contributed by atoms with Crippen LogP contribution in [0.5, 0.6) is 5.75 Å². The molecule has 0 aliphatic rings. The lowest BCUT2D eigenvalue weighted by molar-refractivity contribution is 0.217. The zero-order valence-corrected chi connectivity index (χ0v) is 21.6. The Morgan fingerprint density at radius 3 is 2.41 bits per heavy atom. The van der Waals surface area contributed by atoms with Gasteiger partial charge in [-0.25, -0.2) is 4.98 Å². The van der Waals surface area contributed by atoms with Gasteiger partial charge in [-0.1, -0.05) is 49.4 Å². The Balaban J connectivity index is 1.54. The van der Waals surface area contributed by atoms with E-state index < -0.39 is 0 Å². The lowest BCUT2D eigenvalue weighted by Crippen LogP contribution is -2.20. The molecule has 0 unspecified atom stereocenters. The summed E-state index contributed by atoms with van der Waals surface area (Å²) in [4.78, 5) is 18.2. The van der Waals surface area contributed by atoms with Crippen molar-refractivity contribution >= 4 is 17.1 Å². The number of hydrogen-bond donors (Lipinski definition) is 0. The van der Waals surface area contributed by atoms with Gasteiger partial charge in [-0.05, 0) is 69.7 Å². The summed E-state index contributed by atoms with van der Waals surface area (Å²) in [5.41, 5.74) is 5.34. The zero-order valence-electron chi connectivity index (χ0n) is 21.6. The lowest BCUT2D eigenvalue weighted by Gasteiger charge is -2.14. The number of fused-ring (bicyclic) bond motifs is 1. The molecule has 6 heteroatoms. The van der Waals surface area contributed by atoms with Crippen molar-refractivity contribution in [2.75, 3.05) is 0 Å². The molecule has 0 spiro atoms. The first-order valence-corrected chi connectivity index (χ1v) is 12.5. The van der Waals surface area contributed by atoms with Crippen LogP contribution in [0.2, 0.25) is 0 Å². The first kappa shape index (κ1) is 24.3. The highest BCUT2D eigenvalue weighted by Gasteiger charge is 2.14. The number of benzene rings is 3. The van der Waals surface area contributed by atoms with E-state index in [0.717, 1.165) is 40.4 Å². The van der Waals surface area contributed by atoms with E-state index in [1.807, 2.05) is 60.7 Å². The first-order valence-electron chi connectivity index (χ1n) is 12.5. The quantitative estimate of drug-likeness (QED) is 0.244. The summed E-state index contributed by atoms with van der Waals surface area (Å²) < 4.78 is 9.50. The summed E-state index contributed by atoms with van der Waals surface area (Å²) in [6, 6.07) is 27.2. The van der Waals surface area contributed by atoms with Gasteiger partial charge in [0.2, 0.25) is 0 Å². The molecule has 0 saturated carbocycles. The number of rotatable bonds is 7. The lowest BCUT2D eigenvalue weighted by atomic mass is 10.2. The molecule has 0 fully saturated rings. The summed E-state index contributed by atoms with van der Waals surface area (Å²) >= 11 is 0. The molecular weight excluding hydrogens is 460 g/mol. The van der Waals surface area contributed by atoms with E-state index in [1.54, 1.807) is 12.3 Å². The van der Waals surface area contributed by atoms with Crippen molar-refractivity contribution in [2.45, 2.75) is 40.2 Å². The van der Waals surface area contributed by atoms with Crippen LogP contribution < -0.4 is 10.3 Å². The van der Waals surface area contributed by atoms with E-state index in [2.05, 4.69) is 55.6 Å². The van der Waals surface area contributed by atoms with Crippen LogP contribution in [0.4, 0.5) is 0 Å². The Bertz CT molecular complexity index is 1630. The zero-order chi connectivity index (χ0) is 25.9. The normalized spacial score (nSPS) is 12.3. The molecule has 0 N–H and O–H groups in total. The summed E-state index contributed by atoms with van der Waals surface area (Å²) in [7, 11) is 0. The van der Waals surface area contributed by atoms with Crippen molar-refractivity contribution in [3.8, 4) is 22.8 Å². The molecule has 37 heavy (non-hydrogen) atoms. The summed E-state index contributed by atoms with van der Waals surface area (Å²) in [5.74, 6) is 1.37. The Morgan fingerprint density at radius 1 is 0.973 bits per heavy atom. The van der Waals surface area contributed by atoms with E-state index >= 15 is 0 Å².